The number of rotatable bonds is 5. The third kappa shape index (κ3) is 3.39. The molecule has 2 aliphatic rings. The van der Waals surface area contributed by atoms with E-state index in [-0.39, 0.29) is 6.04 Å². The molecule has 0 unspecified atom stereocenters. The molecule has 0 spiro atoms. The largest absolute Gasteiger partial charge is 0.486 e. The van der Waals surface area contributed by atoms with Crippen LogP contribution >= 0.6 is 0 Å². The van der Waals surface area contributed by atoms with Gasteiger partial charge in [-0.05, 0) is 43.7 Å². The lowest BCUT2D eigenvalue weighted by atomic mass is 9.91. The maximum Gasteiger partial charge on any atom is 0.325 e. The van der Waals surface area contributed by atoms with E-state index in [4.69, 9.17) is 13.9 Å². The Morgan fingerprint density at radius 1 is 1.24 bits per heavy atom. The van der Waals surface area contributed by atoms with Gasteiger partial charge in [-0.1, -0.05) is 6.07 Å². The quantitative estimate of drug-likeness (QED) is 0.741. The lowest BCUT2D eigenvalue weighted by Gasteiger charge is -2.25. The number of urea groups is 1. The van der Waals surface area contributed by atoms with Crippen LogP contribution in [0, 0.1) is 0 Å². The minimum absolute atomic E-state index is 0.387. The summed E-state index contributed by atoms with van der Waals surface area (Å²) in [6.07, 6.45) is 1.51. The number of hydrogen-bond donors (Lipinski definition) is 2. The number of ether oxygens (including phenoxy) is 2. The van der Waals surface area contributed by atoms with Crippen LogP contribution in [-0.4, -0.2) is 42.5 Å². The number of furan rings is 1. The van der Waals surface area contributed by atoms with E-state index < -0.39 is 29.9 Å². The molecule has 1 saturated heterocycles. The Morgan fingerprint density at radius 3 is 2.72 bits per heavy atom. The zero-order valence-corrected chi connectivity index (χ0v) is 16.1. The van der Waals surface area contributed by atoms with E-state index in [2.05, 4.69) is 10.6 Å². The summed E-state index contributed by atoms with van der Waals surface area (Å²) in [6, 6.07) is 7.51. The van der Waals surface area contributed by atoms with Crippen LogP contribution in [0.25, 0.3) is 0 Å². The number of carbonyl (C=O) groups is 3. The first kappa shape index (κ1) is 18.9. The summed E-state index contributed by atoms with van der Waals surface area (Å²) in [5.74, 6) is 0.699. The number of nitrogens with one attached hydrogen (secondary N) is 2. The molecule has 152 valence electrons. The first-order valence-electron chi connectivity index (χ1n) is 9.25. The molecule has 0 bridgehead atoms. The monoisotopic (exact) mass is 399 g/mol. The molecule has 2 aromatic rings. The van der Waals surface area contributed by atoms with Crippen LogP contribution in [0.1, 0.15) is 31.2 Å². The minimum Gasteiger partial charge on any atom is -0.486 e. The first-order valence-corrected chi connectivity index (χ1v) is 9.25. The van der Waals surface area contributed by atoms with E-state index in [1.54, 1.807) is 44.2 Å². The zero-order valence-electron chi connectivity index (χ0n) is 16.1. The van der Waals surface area contributed by atoms with E-state index in [0.29, 0.717) is 36.0 Å². The Hall–Kier alpha value is -3.49. The highest BCUT2D eigenvalue weighted by atomic mass is 16.6. The standard InChI is InChI=1S/C20H21N3O6/c1-12(14-4-3-7-27-14)21-17(24)11-23-18(25)20(2,22-19(23)26)13-5-6-15-16(10-13)29-9-8-28-15/h3-7,10,12H,8-9,11H2,1-2H3,(H,21,24)(H,22,26)/t12-,20-/m0/s1. The summed E-state index contributed by atoms with van der Waals surface area (Å²) in [5.41, 5.74) is -0.758. The number of benzene rings is 1. The van der Waals surface area contributed by atoms with E-state index in [1.807, 2.05) is 0 Å². The van der Waals surface area contributed by atoms with Crippen LogP contribution in [0.3, 0.4) is 0 Å². The second-order valence-electron chi connectivity index (χ2n) is 7.11. The van der Waals surface area contributed by atoms with Crippen molar-refractivity contribution in [3.8, 4) is 11.5 Å². The molecule has 1 fully saturated rings. The van der Waals surface area contributed by atoms with Gasteiger partial charge in [-0.3, -0.25) is 14.5 Å². The molecule has 4 rings (SSSR count). The smallest absolute Gasteiger partial charge is 0.325 e. The lowest BCUT2D eigenvalue weighted by molar-refractivity contribution is -0.135. The molecule has 3 heterocycles. The molecule has 1 aromatic carbocycles. The number of nitrogens with zero attached hydrogens (tertiary/aromatic N) is 1. The third-order valence-electron chi connectivity index (χ3n) is 5.04. The molecular formula is C20H21N3O6. The zero-order chi connectivity index (χ0) is 20.6. The van der Waals surface area contributed by atoms with E-state index >= 15 is 0 Å². The second kappa shape index (κ2) is 7.16. The van der Waals surface area contributed by atoms with Crippen molar-refractivity contribution in [2.45, 2.75) is 25.4 Å². The molecule has 29 heavy (non-hydrogen) atoms. The van der Waals surface area contributed by atoms with Crippen molar-refractivity contribution >= 4 is 17.8 Å². The number of amides is 4. The first-order chi connectivity index (χ1) is 13.9. The van der Waals surface area contributed by atoms with Crippen molar-refractivity contribution in [3.05, 3.63) is 47.9 Å². The molecule has 2 N–H and O–H groups in total. The Kier molecular flexibility index (Phi) is 4.65. The van der Waals surface area contributed by atoms with E-state index in [0.717, 1.165) is 4.90 Å². The van der Waals surface area contributed by atoms with Gasteiger partial charge in [-0.15, -0.1) is 0 Å². The van der Waals surface area contributed by atoms with Gasteiger partial charge in [0.1, 0.15) is 31.1 Å². The van der Waals surface area contributed by atoms with Crippen molar-refractivity contribution in [2.24, 2.45) is 0 Å². The molecule has 4 amide bonds. The van der Waals surface area contributed by atoms with E-state index in [1.165, 1.54) is 6.26 Å². The van der Waals surface area contributed by atoms with Gasteiger partial charge < -0.3 is 24.5 Å². The number of hydrogen-bond acceptors (Lipinski definition) is 6. The van der Waals surface area contributed by atoms with Crippen LogP contribution in [0.4, 0.5) is 4.79 Å². The SMILES string of the molecule is C[C@H](NC(=O)CN1C(=O)N[C@@](C)(c2ccc3c(c2)OCCO3)C1=O)c1ccco1. The van der Waals surface area contributed by atoms with Gasteiger partial charge in [0, 0.05) is 0 Å². The van der Waals surface area contributed by atoms with Crippen LogP contribution in [-0.2, 0) is 15.1 Å². The van der Waals surface area contributed by atoms with Gasteiger partial charge in [0.25, 0.3) is 5.91 Å². The summed E-state index contributed by atoms with van der Waals surface area (Å²) in [4.78, 5) is 38.8. The minimum atomic E-state index is -1.31. The van der Waals surface area contributed by atoms with Gasteiger partial charge >= 0.3 is 6.03 Å². The maximum atomic E-state index is 13.0. The van der Waals surface area contributed by atoms with Crippen molar-refractivity contribution in [1.29, 1.82) is 0 Å². The predicted octanol–water partition coefficient (Wildman–Crippen LogP) is 1.70. The normalized spacial score (nSPS) is 21.7. The number of fused-ring (bicyclic) bond motifs is 1. The fraction of sp³-hybridized carbons (Fsp3) is 0.350. The highest BCUT2D eigenvalue weighted by molar-refractivity contribution is 6.09. The lowest BCUT2D eigenvalue weighted by Crippen LogP contribution is -2.43. The highest BCUT2D eigenvalue weighted by Gasteiger charge is 2.49. The summed E-state index contributed by atoms with van der Waals surface area (Å²) >= 11 is 0. The average Bonchev–Trinajstić information content (AvgIpc) is 3.32. The molecule has 0 aliphatic carbocycles. The van der Waals surface area contributed by atoms with Crippen LogP contribution in [0.2, 0.25) is 0 Å². The summed E-state index contributed by atoms with van der Waals surface area (Å²) in [6.45, 7) is 3.83. The van der Waals surface area contributed by atoms with Crippen molar-refractivity contribution in [2.75, 3.05) is 19.8 Å². The van der Waals surface area contributed by atoms with E-state index in [9.17, 15) is 14.4 Å². The number of carbonyl (C=O) groups excluding carboxylic acids is 3. The van der Waals surface area contributed by atoms with Gasteiger partial charge in [0.15, 0.2) is 11.5 Å². The summed E-state index contributed by atoms with van der Waals surface area (Å²) in [5, 5.41) is 5.40. The molecule has 0 radical (unpaired) electrons. The summed E-state index contributed by atoms with van der Waals surface area (Å²) < 4.78 is 16.3. The van der Waals surface area contributed by atoms with Crippen molar-refractivity contribution in [3.63, 3.8) is 0 Å². The molecular weight excluding hydrogens is 378 g/mol. The summed E-state index contributed by atoms with van der Waals surface area (Å²) in [7, 11) is 0. The average molecular weight is 399 g/mol. The fourth-order valence-electron chi connectivity index (χ4n) is 3.43. The van der Waals surface area contributed by atoms with Crippen molar-refractivity contribution in [1.82, 2.24) is 15.5 Å². The second-order valence-corrected chi connectivity index (χ2v) is 7.11. The van der Waals surface area contributed by atoms with Gasteiger partial charge in [0.05, 0.1) is 12.3 Å². The predicted molar refractivity (Wildman–Crippen MR) is 100 cm³/mol. The Bertz CT molecular complexity index is 957. The molecule has 2 atom stereocenters. The highest BCUT2D eigenvalue weighted by Crippen LogP contribution is 2.36. The Labute approximate surface area is 166 Å². The Balaban J connectivity index is 1.48. The van der Waals surface area contributed by atoms with Crippen molar-refractivity contribution < 1.29 is 28.3 Å². The van der Waals surface area contributed by atoms with Crippen LogP contribution in [0.15, 0.2) is 41.0 Å². The number of imide groups is 1. The fourth-order valence-corrected chi connectivity index (χ4v) is 3.43. The van der Waals surface area contributed by atoms with Crippen LogP contribution < -0.4 is 20.1 Å². The van der Waals surface area contributed by atoms with Gasteiger partial charge in [-0.2, -0.15) is 0 Å². The Morgan fingerprint density at radius 2 is 2.00 bits per heavy atom. The third-order valence-corrected chi connectivity index (χ3v) is 5.04. The molecule has 1 aromatic heterocycles. The molecule has 2 aliphatic heterocycles. The maximum absolute atomic E-state index is 13.0. The van der Waals surface area contributed by atoms with Gasteiger partial charge in [-0.25, -0.2) is 4.79 Å². The molecule has 0 saturated carbocycles. The topological polar surface area (TPSA) is 110 Å². The van der Waals surface area contributed by atoms with Crippen LogP contribution in [0.5, 0.6) is 11.5 Å². The van der Waals surface area contributed by atoms with Gasteiger partial charge in [0.2, 0.25) is 5.91 Å². The molecule has 9 nitrogen and oxygen atoms in total. The molecule has 9 heteroatoms.